The molecule has 0 unspecified atom stereocenters. The predicted molar refractivity (Wildman–Crippen MR) is 100 cm³/mol. The first-order valence-electron chi connectivity index (χ1n) is 8.44. The second-order valence-electron chi connectivity index (χ2n) is 6.75. The Morgan fingerprint density at radius 3 is 3.08 bits per heavy atom. The van der Waals surface area contributed by atoms with Gasteiger partial charge in [0.2, 0.25) is 5.91 Å². The van der Waals surface area contributed by atoms with E-state index in [1.54, 1.807) is 17.6 Å². The fourth-order valence-electron chi connectivity index (χ4n) is 3.24. The Kier molecular flexibility index (Phi) is 4.09. The number of fused-ring (bicyclic) bond motifs is 2. The highest BCUT2D eigenvalue weighted by molar-refractivity contribution is 7.15. The summed E-state index contributed by atoms with van der Waals surface area (Å²) in [5.74, 6) is -0.0552. The Labute approximate surface area is 150 Å². The van der Waals surface area contributed by atoms with Crippen LogP contribution in [0.25, 0.3) is 11.0 Å². The summed E-state index contributed by atoms with van der Waals surface area (Å²) in [6, 6.07) is 4.10. The van der Waals surface area contributed by atoms with E-state index in [9.17, 15) is 4.79 Å². The van der Waals surface area contributed by atoms with Gasteiger partial charge in [-0.15, -0.1) is 11.3 Å². The first kappa shape index (κ1) is 16.3. The van der Waals surface area contributed by atoms with Crippen molar-refractivity contribution in [1.29, 1.82) is 0 Å². The molecule has 0 saturated carbocycles. The van der Waals surface area contributed by atoms with E-state index in [4.69, 9.17) is 4.42 Å². The summed E-state index contributed by atoms with van der Waals surface area (Å²) in [4.78, 5) is 20.6. The number of benzene rings is 1. The molecule has 0 spiro atoms. The minimum atomic E-state index is -0.0552. The van der Waals surface area contributed by atoms with E-state index in [2.05, 4.69) is 35.2 Å². The topological polar surface area (TPSA) is 58.4 Å². The molecule has 0 aliphatic carbocycles. The lowest BCUT2D eigenvalue weighted by atomic mass is 10.0. The van der Waals surface area contributed by atoms with E-state index < -0.39 is 0 Å². The number of aryl methyl sites for hydroxylation is 2. The number of hydrogen-bond donors (Lipinski definition) is 1. The fraction of sp³-hybridized carbons (Fsp3) is 0.368. The summed E-state index contributed by atoms with van der Waals surface area (Å²) >= 11 is 1.58. The van der Waals surface area contributed by atoms with Crippen molar-refractivity contribution in [2.75, 3.05) is 18.9 Å². The average molecular weight is 355 g/mol. The molecule has 0 radical (unpaired) electrons. The van der Waals surface area contributed by atoms with Crippen LogP contribution in [0.3, 0.4) is 0 Å². The molecule has 0 fully saturated rings. The van der Waals surface area contributed by atoms with Crippen LogP contribution in [0, 0.1) is 13.8 Å². The van der Waals surface area contributed by atoms with Gasteiger partial charge in [-0.25, -0.2) is 4.98 Å². The van der Waals surface area contributed by atoms with Crippen molar-refractivity contribution in [1.82, 2.24) is 9.88 Å². The average Bonchev–Trinajstić information content (AvgIpc) is 3.14. The van der Waals surface area contributed by atoms with Crippen LogP contribution in [0.2, 0.25) is 0 Å². The molecule has 1 aliphatic rings. The van der Waals surface area contributed by atoms with Crippen LogP contribution in [0.4, 0.5) is 5.13 Å². The van der Waals surface area contributed by atoms with Crippen LogP contribution in [-0.4, -0.2) is 29.4 Å². The van der Waals surface area contributed by atoms with Gasteiger partial charge in [0.15, 0.2) is 5.13 Å². The molecule has 130 valence electrons. The van der Waals surface area contributed by atoms with Crippen LogP contribution in [0.5, 0.6) is 0 Å². The molecule has 25 heavy (non-hydrogen) atoms. The number of nitrogens with one attached hydrogen (secondary N) is 1. The van der Waals surface area contributed by atoms with Crippen LogP contribution in [0.1, 0.15) is 27.3 Å². The summed E-state index contributed by atoms with van der Waals surface area (Å²) in [6.07, 6.45) is 2.93. The highest BCUT2D eigenvalue weighted by Gasteiger charge is 2.20. The van der Waals surface area contributed by atoms with E-state index >= 15 is 0 Å². The van der Waals surface area contributed by atoms with Gasteiger partial charge >= 0.3 is 0 Å². The highest BCUT2D eigenvalue weighted by Crippen LogP contribution is 2.29. The summed E-state index contributed by atoms with van der Waals surface area (Å²) in [6.45, 7) is 6.03. The quantitative estimate of drug-likeness (QED) is 0.779. The molecule has 1 N–H and O–H groups in total. The van der Waals surface area contributed by atoms with Crippen LogP contribution in [-0.2, 0) is 24.2 Å². The third-order valence-corrected chi connectivity index (χ3v) is 5.86. The maximum Gasteiger partial charge on any atom is 0.230 e. The molecule has 3 aromatic rings. The van der Waals surface area contributed by atoms with Gasteiger partial charge in [0, 0.05) is 35.3 Å². The molecular weight excluding hydrogens is 334 g/mol. The van der Waals surface area contributed by atoms with E-state index in [-0.39, 0.29) is 5.91 Å². The van der Waals surface area contributed by atoms with Crippen molar-refractivity contribution in [3.05, 3.63) is 45.7 Å². The molecule has 6 heteroatoms. The normalized spacial score (nSPS) is 14.7. The van der Waals surface area contributed by atoms with Gasteiger partial charge in [-0.05, 0) is 32.0 Å². The number of anilines is 1. The summed E-state index contributed by atoms with van der Waals surface area (Å²) in [5.41, 5.74) is 5.22. The van der Waals surface area contributed by atoms with Crippen molar-refractivity contribution in [2.45, 2.75) is 33.2 Å². The Balaban J connectivity index is 1.51. The summed E-state index contributed by atoms with van der Waals surface area (Å²) in [7, 11) is 2.11. The molecule has 0 bridgehead atoms. The van der Waals surface area contributed by atoms with Crippen molar-refractivity contribution in [3.8, 4) is 0 Å². The molecule has 0 saturated heterocycles. The van der Waals surface area contributed by atoms with Crippen LogP contribution >= 0.6 is 11.3 Å². The van der Waals surface area contributed by atoms with Gasteiger partial charge in [-0.1, -0.05) is 12.1 Å². The largest absolute Gasteiger partial charge is 0.464 e. The molecule has 4 rings (SSSR count). The third kappa shape index (κ3) is 3.07. The molecule has 5 nitrogen and oxygen atoms in total. The maximum atomic E-state index is 12.5. The number of thiazole rings is 1. The number of hydrogen-bond acceptors (Lipinski definition) is 5. The van der Waals surface area contributed by atoms with Gasteiger partial charge in [0.25, 0.3) is 0 Å². The molecule has 2 aromatic heterocycles. The second-order valence-corrected chi connectivity index (χ2v) is 7.83. The molecule has 0 atom stereocenters. The SMILES string of the molecule is Cc1ccc2c(CC(=O)Nc3nc4c(s3)CN(C)CC4)coc2c1C. The summed E-state index contributed by atoms with van der Waals surface area (Å²) < 4.78 is 5.69. The minimum Gasteiger partial charge on any atom is -0.464 e. The molecule has 1 aliphatic heterocycles. The van der Waals surface area contributed by atoms with Crippen LogP contribution < -0.4 is 5.32 Å². The van der Waals surface area contributed by atoms with Gasteiger partial charge in [0.05, 0.1) is 18.4 Å². The van der Waals surface area contributed by atoms with Crippen LogP contribution in [0.15, 0.2) is 22.8 Å². The van der Waals surface area contributed by atoms with E-state index in [0.717, 1.165) is 47.3 Å². The fourth-order valence-corrected chi connectivity index (χ4v) is 4.34. The number of amides is 1. The number of furan rings is 1. The number of carbonyl (C=O) groups is 1. The molecule has 1 aromatic carbocycles. The Morgan fingerprint density at radius 1 is 1.40 bits per heavy atom. The number of aromatic nitrogens is 1. The van der Waals surface area contributed by atoms with E-state index in [1.807, 2.05) is 13.0 Å². The van der Waals surface area contributed by atoms with Crippen molar-refractivity contribution >= 4 is 33.3 Å². The highest BCUT2D eigenvalue weighted by atomic mass is 32.1. The predicted octanol–water partition coefficient (Wildman–Crippen LogP) is 3.68. The zero-order valence-electron chi connectivity index (χ0n) is 14.7. The van der Waals surface area contributed by atoms with Crippen molar-refractivity contribution in [2.24, 2.45) is 0 Å². The maximum absolute atomic E-state index is 12.5. The lowest BCUT2D eigenvalue weighted by molar-refractivity contribution is -0.115. The minimum absolute atomic E-state index is 0.0552. The smallest absolute Gasteiger partial charge is 0.230 e. The van der Waals surface area contributed by atoms with Gasteiger partial charge in [-0.3, -0.25) is 4.79 Å². The van der Waals surface area contributed by atoms with Crippen molar-refractivity contribution < 1.29 is 9.21 Å². The zero-order valence-corrected chi connectivity index (χ0v) is 15.5. The first-order valence-corrected chi connectivity index (χ1v) is 9.26. The van der Waals surface area contributed by atoms with Gasteiger partial charge < -0.3 is 14.6 Å². The standard InChI is InChI=1S/C19H21N3O2S/c1-11-4-5-14-13(10-24-18(14)12(11)2)8-17(23)21-19-20-15-6-7-22(3)9-16(15)25-19/h4-5,10H,6-9H2,1-3H3,(H,20,21,23). The Hall–Kier alpha value is -2.18. The molecular formula is C19H21N3O2S. The number of nitrogens with zero attached hydrogens (tertiary/aromatic N) is 2. The third-order valence-electron chi connectivity index (χ3n) is 4.86. The van der Waals surface area contributed by atoms with Gasteiger partial charge in [0.1, 0.15) is 5.58 Å². The monoisotopic (exact) mass is 355 g/mol. The van der Waals surface area contributed by atoms with E-state index in [0.29, 0.717) is 11.6 Å². The lowest BCUT2D eigenvalue weighted by Crippen LogP contribution is -2.25. The second kappa shape index (κ2) is 6.28. The number of carbonyl (C=O) groups excluding carboxylic acids is 1. The Morgan fingerprint density at radius 2 is 2.24 bits per heavy atom. The number of rotatable bonds is 3. The van der Waals surface area contributed by atoms with Gasteiger partial charge in [-0.2, -0.15) is 0 Å². The zero-order chi connectivity index (χ0) is 17.6. The Bertz CT molecular complexity index is 957. The first-order chi connectivity index (χ1) is 12.0. The number of likely N-dealkylation sites (N-methyl/N-ethyl adjacent to an activating group) is 1. The lowest BCUT2D eigenvalue weighted by Gasteiger charge is -2.20. The van der Waals surface area contributed by atoms with E-state index in [1.165, 1.54) is 10.4 Å². The molecule has 3 heterocycles. The summed E-state index contributed by atoms with van der Waals surface area (Å²) in [5, 5.41) is 4.66. The van der Waals surface area contributed by atoms with Crippen molar-refractivity contribution in [3.63, 3.8) is 0 Å². The molecule has 1 amide bonds.